The smallest absolute Gasteiger partial charge is 0.00642 e. The zero-order valence-corrected chi connectivity index (χ0v) is 12.4. The van der Waals surface area contributed by atoms with Crippen LogP contribution in [0, 0.1) is 12.8 Å². The van der Waals surface area contributed by atoms with E-state index < -0.39 is 0 Å². The summed E-state index contributed by atoms with van der Waals surface area (Å²) >= 11 is 0. The van der Waals surface area contributed by atoms with Gasteiger partial charge >= 0.3 is 0 Å². The highest BCUT2D eigenvalue weighted by molar-refractivity contribution is 5.25. The van der Waals surface area contributed by atoms with Crippen LogP contribution in [0.3, 0.4) is 0 Å². The number of benzene rings is 1. The zero-order valence-electron chi connectivity index (χ0n) is 12.4. The minimum atomic E-state index is 0.767. The Morgan fingerprint density at radius 1 is 1.11 bits per heavy atom. The highest BCUT2D eigenvalue weighted by atomic mass is 14.9. The molecule has 2 nitrogen and oxygen atoms in total. The van der Waals surface area contributed by atoms with E-state index in [0.29, 0.717) is 0 Å². The molecule has 0 radical (unpaired) electrons. The monoisotopic (exact) mass is 260 g/mol. The molecule has 2 rings (SSSR count). The molecule has 0 atom stereocenters. The van der Waals surface area contributed by atoms with Gasteiger partial charge in [-0.15, -0.1) is 0 Å². The van der Waals surface area contributed by atoms with Gasteiger partial charge in [-0.05, 0) is 76.2 Å². The van der Waals surface area contributed by atoms with Crippen molar-refractivity contribution in [2.75, 3.05) is 20.1 Å². The molecule has 1 aromatic rings. The molecule has 1 aliphatic carbocycles. The fourth-order valence-corrected chi connectivity index (χ4v) is 3.08. The van der Waals surface area contributed by atoms with Crippen molar-refractivity contribution in [1.29, 1.82) is 0 Å². The van der Waals surface area contributed by atoms with Crippen molar-refractivity contribution >= 4 is 0 Å². The lowest BCUT2D eigenvalue weighted by molar-refractivity contribution is 0.293. The molecule has 0 aliphatic heterocycles. The lowest BCUT2D eigenvalue weighted by Gasteiger charge is -2.28. The number of nitrogens with one attached hydrogen (secondary N) is 2. The Labute approximate surface area is 118 Å². The fourth-order valence-electron chi connectivity index (χ4n) is 3.08. The minimum Gasteiger partial charge on any atom is -0.317 e. The lowest BCUT2D eigenvalue weighted by Crippen LogP contribution is -2.34. The summed E-state index contributed by atoms with van der Waals surface area (Å²) < 4.78 is 0. The Balaban J connectivity index is 1.61. The standard InChI is InChI=1S/C17H28N2/c1-14-5-3-4-6-16(14)11-12-19-13-15-7-9-17(18-2)10-8-15/h3-6,15,17-19H,7-13H2,1-2H3. The summed E-state index contributed by atoms with van der Waals surface area (Å²) in [7, 11) is 2.09. The van der Waals surface area contributed by atoms with Crippen LogP contribution in [0.4, 0.5) is 0 Å². The van der Waals surface area contributed by atoms with Crippen LogP contribution in [0.15, 0.2) is 24.3 Å². The maximum absolute atomic E-state index is 3.64. The summed E-state index contributed by atoms with van der Waals surface area (Å²) in [5.74, 6) is 0.890. The van der Waals surface area contributed by atoms with Crippen molar-refractivity contribution in [2.45, 2.75) is 45.1 Å². The summed E-state index contributed by atoms with van der Waals surface area (Å²) in [6.45, 7) is 4.51. The van der Waals surface area contributed by atoms with Crippen molar-refractivity contribution in [3.05, 3.63) is 35.4 Å². The molecule has 0 saturated heterocycles. The molecule has 0 spiro atoms. The van der Waals surface area contributed by atoms with Gasteiger partial charge in [-0.25, -0.2) is 0 Å². The Morgan fingerprint density at radius 3 is 2.53 bits per heavy atom. The van der Waals surface area contributed by atoms with Crippen LogP contribution >= 0.6 is 0 Å². The summed E-state index contributed by atoms with van der Waals surface area (Å²) in [4.78, 5) is 0. The third-order valence-corrected chi connectivity index (χ3v) is 4.52. The van der Waals surface area contributed by atoms with E-state index in [-0.39, 0.29) is 0 Å². The molecular weight excluding hydrogens is 232 g/mol. The van der Waals surface area contributed by atoms with Crippen LogP contribution in [-0.4, -0.2) is 26.2 Å². The molecule has 1 aliphatic rings. The Morgan fingerprint density at radius 2 is 1.84 bits per heavy atom. The van der Waals surface area contributed by atoms with E-state index in [2.05, 4.69) is 48.9 Å². The SMILES string of the molecule is CNC1CCC(CNCCc2ccccc2C)CC1. The van der Waals surface area contributed by atoms with Gasteiger partial charge in [-0.1, -0.05) is 24.3 Å². The van der Waals surface area contributed by atoms with Gasteiger partial charge in [-0.3, -0.25) is 0 Å². The summed E-state index contributed by atoms with van der Waals surface area (Å²) in [5, 5.41) is 7.04. The zero-order chi connectivity index (χ0) is 13.5. The van der Waals surface area contributed by atoms with Crippen molar-refractivity contribution in [2.24, 2.45) is 5.92 Å². The van der Waals surface area contributed by atoms with Crippen LogP contribution < -0.4 is 10.6 Å². The molecule has 106 valence electrons. The first-order valence-electron chi connectivity index (χ1n) is 7.72. The predicted molar refractivity (Wildman–Crippen MR) is 82.6 cm³/mol. The maximum Gasteiger partial charge on any atom is 0.00642 e. The van der Waals surface area contributed by atoms with Gasteiger partial charge in [0.2, 0.25) is 0 Å². The van der Waals surface area contributed by atoms with E-state index in [1.54, 1.807) is 0 Å². The van der Waals surface area contributed by atoms with E-state index in [9.17, 15) is 0 Å². The van der Waals surface area contributed by atoms with Gasteiger partial charge < -0.3 is 10.6 Å². The molecule has 0 unspecified atom stereocenters. The first-order chi connectivity index (χ1) is 9.29. The van der Waals surface area contributed by atoms with Crippen molar-refractivity contribution in [1.82, 2.24) is 10.6 Å². The van der Waals surface area contributed by atoms with Gasteiger partial charge in [0.15, 0.2) is 0 Å². The molecule has 1 fully saturated rings. The second kappa shape index (κ2) is 7.66. The highest BCUT2D eigenvalue weighted by Gasteiger charge is 2.19. The predicted octanol–water partition coefficient (Wildman–Crippen LogP) is 2.91. The molecule has 0 aromatic heterocycles. The first kappa shape index (κ1) is 14.5. The van der Waals surface area contributed by atoms with Crippen LogP contribution in [-0.2, 0) is 6.42 Å². The molecular formula is C17H28N2. The average Bonchev–Trinajstić information content (AvgIpc) is 2.46. The topological polar surface area (TPSA) is 24.1 Å². The normalized spacial score (nSPS) is 23.5. The molecule has 0 amide bonds. The van der Waals surface area contributed by atoms with Gasteiger partial charge in [-0.2, -0.15) is 0 Å². The lowest BCUT2D eigenvalue weighted by atomic mass is 9.86. The van der Waals surface area contributed by atoms with Gasteiger partial charge in [0.05, 0.1) is 0 Å². The largest absolute Gasteiger partial charge is 0.317 e. The van der Waals surface area contributed by atoms with Crippen LogP contribution in [0.25, 0.3) is 0 Å². The second-order valence-corrected chi connectivity index (χ2v) is 5.89. The fraction of sp³-hybridized carbons (Fsp3) is 0.647. The summed E-state index contributed by atoms with van der Waals surface area (Å²) in [5.41, 5.74) is 2.90. The molecule has 1 aromatic carbocycles. The van der Waals surface area contributed by atoms with E-state index in [4.69, 9.17) is 0 Å². The number of aryl methyl sites for hydroxylation is 1. The summed E-state index contributed by atoms with van der Waals surface area (Å²) in [6, 6.07) is 9.47. The number of hydrogen-bond donors (Lipinski definition) is 2. The van der Waals surface area contributed by atoms with Crippen molar-refractivity contribution in [3.8, 4) is 0 Å². The van der Waals surface area contributed by atoms with E-state index >= 15 is 0 Å². The minimum absolute atomic E-state index is 0.767. The third kappa shape index (κ3) is 4.63. The highest BCUT2D eigenvalue weighted by Crippen LogP contribution is 2.23. The second-order valence-electron chi connectivity index (χ2n) is 5.89. The average molecular weight is 260 g/mol. The van der Waals surface area contributed by atoms with Gasteiger partial charge in [0.25, 0.3) is 0 Å². The van der Waals surface area contributed by atoms with E-state index in [1.165, 1.54) is 43.4 Å². The molecule has 19 heavy (non-hydrogen) atoms. The van der Waals surface area contributed by atoms with Crippen LogP contribution in [0.1, 0.15) is 36.8 Å². The van der Waals surface area contributed by atoms with Crippen molar-refractivity contribution < 1.29 is 0 Å². The number of hydrogen-bond acceptors (Lipinski definition) is 2. The van der Waals surface area contributed by atoms with Gasteiger partial charge in [0, 0.05) is 6.04 Å². The Hall–Kier alpha value is -0.860. The van der Waals surface area contributed by atoms with E-state index in [0.717, 1.165) is 24.9 Å². The number of rotatable bonds is 6. The molecule has 1 saturated carbocycles. The Bertz CT molecular complexity index is 367. The Kier molecular flexibility index (Phi) is 5.87. The van der Waals surface area contributed by atoms with Gasteiger partial charge in [0.1, 0.15) is 0 Å². The molecule has 2 heteroatoms. The molecule has 2 N–H and O–H groups in total. The quantitative estimate of drug-likeness (QED) is 0.769. The van der Waals surface area contributed by atoms with Crippen LogP contribution in [0.2, 0.25) is 0 Å². The van der Waals surface area contributed by atoms with Crippen LogP contribution in [0.5, 0.6) is 0 Å². The molecule has 0 heterocycles. The van der Waals surface area contributed by atoms with E-state index in [1.807, 2.05) is 0 Å². The first-order valence-corrected chi connectivity index (χ1v) is 7.72. The third-order valence-electron chi connectivity index (χ3n) is 4.52. The molecule has 0 bridgehead atoms. The summed E-state index contributed by atoms with van der Waals surface area (Å²) in [6.07, 6.45) is 6.60. The van der Waals surface area contributed by atoms with Crippen molar-refractivity contribution in [3.63, 3.8) is 0 Å². The maximum atomic E-state index is 3.64.